The molecule has 1 fully saturated rings. The zero-order valence-corrected chi connectivity index (χ0v) is 19.3. The Morgan fingerprint density at radius 2 is 2.03 bits per heavy atom. The molecule has 1 saturated heterocycles. The largest absolute Gasteiger partial charge is 0.511 e. The summed E-state index contributed by atoms with van der Waals surface area (Å²) in [7, 11) is -3.72. The summed E-state index contributed by atoms with van der Waals surface area (Å²) in [6.45, 7) is 0.298. The first-order chi connectivity index (χ1) is 13.1. The molecule has 14 heteroatoms. The fraction of sp³-hybridized carbons (Fsp3) is 0.600. The number of ether oxygens (including phenoxy) is 1. The minimum atomic E-state index is -5.27. The summed E-state index contributed by atoms with van der Waals surface area (Å²) < 4.78 is 66.5. The van der Waals surface area contributed by atoms with E-state index in [2.05, 4.69) is 20.6 Å². The van der Waals surface area contributed by atoms with E-state index in [1.807, 2.05) is 0 Å². The number of aromatic nitrogens is 1. The van der Waals surface area contributed by atoms with Crippen molar-refractivity contribution in [2.24, 2.45) is 4.99 Å². The maximum Gasteiger partial charge on any atom is 0.511 e. The molecule has 2 heterocycles. The number of nitrogens with one attached hydrogen (secondary N) is 2. The highest BCUT2D eigenvalue weighted by Crippen LogP contribution is 2.28. The molecule has 1 aromatic rings. The molecule has 0 radical (unpaired) electrons. The van der Waals surface area contributed by atoms with Gasteiger partial charge in [-0.15, -0.1) is 24.0 Å². The first-order valence-corrected chi connectivity index (χ1v) is 10.2. The zero-order valence-electron chi connectivity index (χ0n) is 15.4. The van der Waals surface area contributed by atoms with Crippen LogP contribution in [0, 0.1) is 0 Å². The Balaban J connectivity index is 0.00000420. The van der Waals surface area contributed by atoms with Crippen LogP contribution in [0.4, 0.5) is 13.2 Å². The number of halogens is 5. The van der Waals surface area contributed by atoms with E-state index in [-0.39, 0.29) is 55.9 Å². The number of piperidine rings is 1. The van der Waals surface area contributed by atoms with Crippen LogP contribution in [0.3, 0.4) is 0 Å². The molecule has 8 nitrogen and oxygen atoms in total. The number of hydrogen-bond donors (Lipinski definition) is 2. The predicted octanol–water partition coefficient (Wildman–Crippen LogP) is 2.21. The van der Waals surface area contributed by atoms with Crippen LogP contribution in [-0.2, 0) is 10.0 Å². The third kappa shape index (κ3) is 7.61. The molecule has 29 heavy (non-hydrogen) atoms. The van der Waals surface area contributed by atoms with Gasteiger partial charge in [0.1, 0.15) is 6.61 Å². The van der Waals surface area contributed by atoms with E-state index in [0.717, 1.165) is 0 Å². The lowest BCUT2D eigenvalue weighted by molar-refractivity contribution is -0.0494. The van der Waals surface area contributed by atoms with Gasteiger partial charge >= 0.3 is 15.5 Å². The van der Waals surface area contributed by atoms with Crippen LogP contribution in [0.5, 0.6) is 5.88 Å². The van der Waals surface area contributed by atoms with E-state index in [9.17, 15) is 21.6 Å². The molecule has 0 atom stereocenters. The normalized spacial score (nSPS) is 16.8. The topological polar surface area (TPSA) is 95.9 Å². The smallest absolute Gasteiger partial charge is 0.476 e. The minimum Gasteiger partial charge on any atom is -0.476 e. The molecule has 0 saturated carbocycles. The first-order valence-electron chi connectivity index (χ1n) is 8.41. The van der Waals surface area contributed by atoms with Crippen molar-refractivity contribution in [1.29, 1.82) is 0 Å². The lowest BCUT2D eigenvalue weighted by Gasteiger charge is -2.32. The number of alkyl halides is 3. The monoisotopic (exact) mass is 571 g/mol. The molecule has 1 aliphatic heterocycles. The fourth-order valence-corrected chi connectivity index (χ4v) is 3.64. The van der Waals surface area contributed by atoms with Crippen LogP contribution >= 0.6 is 35.6 Å². The van der Waals surface area contributed by atoms with Crippen molar-refractivity contribution in [2.75, 3.05) is 33.3 Å². The van der Waals surface area contributed by atoms with Gasteiger partial charge in [-0.05, 0) is 18.9 Å². The number of hydrogen-bond acceptors (Lipinski definition) is 5. The van der Waals surface area contributed by atoms with Gasteiger partial charge in [-0.1, -0.05) is 11.6 Å². The van der Waals surface area contributed by atoms with Gasteiger partial charge in [-0.2, -0.15) is 17.5 Å². The van der Waals surface area contributed by atoms with E-state index >= 15 is 0 Å². The van der Waals surface area contributed by atoms with E-state index in [1.165, 1.54) is 6.20 Å². The summed E-state index contributed by atoms with van der Waals surface area (Å²) in [4.78, 5) is 8.03. The van der Waals surface area contributed by atoms with Crippen molar-refractivity contribution in [2.45, 2.75) is 24.4 Å². The highest BCUT2D eigenvalue weighted by molar-refractivity contribution is 14.0. The van der Waals surface area contributed by atoms with Crippen LogP contribution in [-0.4, -0.2) is 68.5 Å². The average Bonchev–Trinajstić information content (AvgIpc) is 2.65. The van der Waals surface area contributed by atoms with Gasteiger partial charge in [0.15, 0.2) is 5.96 Å². The van der Waals surface area contributed by atoms with Crippen molar-refractivity contribution in [3.05, 3.63) is 23.4 Å². The quantitative estimate of drug-likeness (QED) is 0.235. The molecule has 1 aromatic heterocycles. The molecule has 0 aliphatic carbocycles. The lowest BCUT2D eigenvalue weighted by atomic mass is 10.1. The van der Waals surface area contributed by atoms with Crippen molar-refractivity contribution in [3.63, 3.8) is 0 Å². The first kappa shape index (κ1) is 26.0. The molecule has 2 rings (SSSR count). The van der Waals surface area contributed by atoms with Gasteiger partial charge < -0.3 is 15.4 Å². The Morgan fingerprint density at radius 1 is 1.38 bits per heavy atom. The van der Waals surface area contributed by atoms with E-state index < -0.39 is 15.5 Å². The van der Waals surface area contributed by atoms with Crippen LogP contribution in [0.1, 0.15) is 12.8 Å². The Labute approximate surface area is 189 Å². The summed E-state index contributed by atoms with van der Waals surface area (Å²) in [5, 5.41) is 6.59. The number of sulfonamides is 1. The van der Waals surface area contributed by atoms with Crippen molar-refractivity contribution in [3.8, 4) is 5.88 Å². The molecule has 1 aliphatic rings. The van der Waals surface area contributed by atoms with E-state index in [1.54, 1.807) is 19.2 Å². The van der Waals surface area contributed by atoms with Crippen LogP contribution in [0.2, 0.25) is 5.02 Å². The summed E-state index contributed by atoms with van der Waals surface area (Å²) >= 11 is 5.74. The Morgan fingerprint density at radius 3 is 2.55 bits per heavy atom. The molecule has 0 aromatic carbocycles. The average molecular weight is 572 g/mol. The summed E-state index contributed by atoms with van der Waals surface area (Å²) in [6, 6.07) is 3.10. The zero-order chi connectivity index (χ0) is 20.8. The van der Waals surface area contributed by atoms with Crippen molar-refractivity contribution in [1.82, 2.24) is 19.9 Å². The van der Waals surface area contributed by atoms with Gasteiger partial charge in [-0.3, -0.25) is 4.99 Å². The predicted molar refractivity (Wildman–Crippen MR) is 114 cm³/mol. The third-order valence-electron chi connectivity index (χ3n) is 4.00. The molecule has 0 bridgehead atoms. The standard InChI is InChI=1S/C15H21ClF3N5O3S.HI/c1-20-14(21-6-9-27-13-3-2-11(16)10-22-13)23-12-4-7-24(8-5-12)28(25,26)15(17,18)19;/h2-3,10,12H,4-9H2,1H3,(H2,20,21,23);1H. The number of nitrogens with zero attached hydrogens (tertiary/aromatic N) is 3. The Kier molecular flexibility index (Phi) is 10.2. The third-order valence-corrected chi connectivity index (χ3v) is 5.85. The van der Waals surface area contributed by atoms with Crippen LogP contribution in [0.25, 0.3) is 0 Å². The molecule has 0 spiro atoms. The minimum absolute atomic E-state index is 0. The second-order valence-corrected chi connectivity index (χ2v) is 8.30. The maximum atomic E-state index is 12.6. The molecule has 166 valence electrons. The number of guanidine groups is 1. The molecular weight excluding hydrogens is 550 g/mol. The highest BCUT2D eigenvalue weighted by Gasteiger charge is 2.50. The van der Waals surface area contributed by atoms with Gasteiger partial charge in [0.2, 0.25) is 5.88 Å². The maximum absolute atomic E-state index is 12.6. The Hall–Kier alpha value is -1.06. The van der Waals surface area contributed by atoms with Crippen LogP contribution < -0.4 is 15.4 Å². The second kappa shape index (κ2) is 11.4. The van der Waals surface area contributed by atoms with Gasteiger partial charge in [-0.25, -0.2) is 13.4 Å². The molecule has 2 N–H and O–H groups in total. The Bertz CT molecular complexity index is 772. The van der Waals surface area contributed by atoms with E-state index in [0.29, 0.717) is 34.3 Å². The van der Waals surface area contributed by atoms with Gasteiger partial charge in [0.25, 0.3) is 0 Å². The highest BCUT2D eigenvalue weighted by atomic mass is 127. The summed E-state index contributed by atoms with van der Waals surface area (Å²) in [6.07, 6.45) is 1.94. The van der Waals surface area contributed by atoms with Crippen molar-refractivity contribution < 1.29 is 26.3 Å². The molecule has 0 amide bonds. The van der Waals surface area contributed by atoms with Crippen LogP contribution in [0.15, 0.2) is 23.3 Å². The number of rotatable bonds is 6. The second-order valence-electron chi connectivity index (χ2n) is 5.93. The molecular formula is C15H22ClF3IN5O3S. The number of aliphatic imine (C=N–C) groups is 1. The molecule has 0 unspecified atom stereocenters. The summed E-state index contributed by atoms with van der Waals surface area (Å²) in [5.41, 5.74) is -5.27. The van der Waals surface area contributed by atoms with Crippen molar-refractivity contribution >= 4 is 51.6 Å². The van der Waals surface area contributed by atoms with Gasteiger partial charge in [0.05, 0.1) is 11.6 Å². The fourth-order valence-electron chi connectivity index (χ4n) is 2.55. The van der Waals surface area contributed by atoms with Gasteiger partial charge in [0, 0.05) is 38.4 Å². The van der Waals surface area contributed by atoms with E-state index in [4.69, 9.17) is 16.3 Å². The lowest BCUT2D eigenvalue weighted by Crippen LogP contribution is -2.52. The SMILES string of the molecule is CN=C(NCCOc1ccc(Cl)cn1)NC1CCN(S(=O)(=O)C(F)(F)F)CC1.I. The summed E-state index contributed by atoms with van der Waals surface area (Å²) in [5.74, 6) is 0.872. The number of pyridine rings is 1.